The number of benzene rings is 2. The van der Waals surface area contributed by atoms with Crippen molar-refractivity contribution in [3.05, 3.63) is 81.9 Å². The van der Waals surface area contributed by atoms with E-state index in [1.54, 1.807) is 23.1 Å². The Morgan fingerprint density at radius 3 is 2.48 bits per heavy atom. The average Bonchev–Trinajstić information content (AvgIpc) is 2.93. The van der Waals surface area contributed by atoms with Crippen LogP contribution in [0.5, 0.6) is 0 Å². The van der Waals surface area contributed by atoms with Gasteiger partial charge in [0.15, 0.2) is 4.34 Å². The zero-order chi connectivity index (χ0) is 17.8. The smallest absolute Gasteiger partial charge is 0.222 e. The second-order valence-corrected chi connectivity index (χ2v) is 8.33. The number of thioether (sulfide) groups is 1. The molecular weight excluding hydrogens is 348 g/mol. The predicted octanol–water partition coefficient (Wildman–Crippen LogP) is 4.67. The van der Waals surface area contributed by atoms with Gasteiger partial charge in [0, 0.05) is 4.88 Å². The number of aryl methyl sites for hydroxylation is 2. The molecule has 2 aromatic carbocycles. The summed E-state index contributed by atoms with van der Waals surface area (Å²) in [5, 5.41) is 0.161. The molecule has 25 heavy (non-hydrogen) atoms. The molecule has 0 aliphatic carbocycles. The zero-order valence-corrected chi connectivity index (χ0v) is 15.9. The molecule has 5 heteroatoms. The number of rotatable bonds is 6. The highest BCUT2D eigenvalue weighted by Gasteiger charge is 2.20. The molecule has 0 spiro atoms. The Kier molecular flexibility index (Phi) is 5.56. The fraction of sp³-hybridized carbons (Fsp3) is 0.200. The van der Waals surface area contributed by atoms with Crippen LogP contribution in [0.1, 0.15) is 32.5 Å². The summed E-state index contributed by atoms with van der Waals surface area (Å²) in [5.74, 6) is -0.318. The fourth-order valence-corrected chi connectivity index (χ4v) is 5.35. The SMILES string of the molecule is Cc1ccccc1[C@@H](Sc1nc(C)c(CC(N)=O)s1)c1ccccc1. The van der Waals surface area contributed by atoms with E-state index >= 15 is 0 Å². The first kappa shape index (κ1) is 17.7. The standard InChI is InChI=1S/C20H20N2OS2/c1-13-8-6-7-11-16(13)19(15-9-4-3-5-10-15)25-20-22-14(2)17(24-20)12-18(21)23/h3-11,19H,12H2,1-2H3,(H2,21,23)/t19-/m0/s1. The lowest BCUT2D eigenvalue weighted by molar-refractivity contribution is -0.117. The molecule has 1 aromatic heterocycles. The van der Waals surface area contributed by atoms with E-state index in [0.717, 1.165) is 14.9 Å². The lowest BCUT2D eigenvalue weighted by atomic mass is 10.0. The van der Waals surface area contributed by atoms with Crippen molar-refractivity contribution in [3.63, 3.8) is 0 Å². The van der Waals surface area contributed by atoms with Gasteiger partial charge in [0.2, 0.25) is 5.91 Å². The van der Waals surface area contributed by atoms with Crippen LogP contribution in [0.2, 0.25) is 0 Å². The van der Waals surface area contributed by atoms with Crippen LogP contribution in [0.25, 0.3) is 0 Å². The molecule has 2 N–H and O–H groups in total. The molecule has 0 bridgehead atoms. The highest BCUT2D eigenvalue weighted by molar-refractivity contribution is 8.01. The number of thiazole rings is 1. The molecule has 1 atom stereocenters. The molecule has 0 saturated heterocycles. The van der Waals surface area contributed by atoms with E-state index < -0.39 is 0 Å². The number of primary amides is 1. The topological polar surface area (TPSA) is 56.0 Å². The Morgan fingerprint density at radius 1 is 1.12 bits per heavy atom. The summed E-state index contributed by atoms with van der Waals surface area (Å²) in [6.07, 6.45) is 0.254. The van der Waals surface area contributed by atoms with Crippen LogP contribution in [-0.2, 0) is 11.2 Å². The third kappa shape index (κ3) is 4.30. The van der Waals surface area contributed by atoms with Crippen LogP contribution in [-0.4, -0.2) is 10.9 Å². The van der Waals surface area contributed by atoms with Gasteiger partial charge in [-0.2, -0.15) is 0 Å². The number of hydrogen-bond donors (Lipinski definition) is 1. The molecular formula is C20H20N2OS2. The van der Waals surface area contributed by atoms with Crippen LogP contribution in [0.4, 0.5) is 0 Å². The first-order valence-electron chi connectivity index (χ1n) is 8.06. The monoisotopic (exact) mass is 368 g/mol. The molecule has 1 heterocycles. The van der Waals surface area contributed by atoms with Gasteiger partial charge in [-0.05, 0) is 30.5 Å². The fourth-order valence-electron chi connectivity index (χ4n) is 2.69. The minimum atomic E-state index is -0.318. The molecule has 0 aliphatic rings. The van der Waals surface area contributed by atoms with Crippen molar-refractivity contribution in [2.24, 2.45) is 5.73 Å². The molecule has 0 saturated carbocycles. The summed E-state index contributed by atoms with van der Waals surface area (Å²) >= 11 is 3.29. The van der Waals surface area contributed by atoms with Crippen molar-refractivity contribution in [2.45, 2.75) is 29.9 Å². The maximum atomic E-state index is 11.2. The van der Waals surface area contributed by atoms with Crippen molar-refractivity contribution in [1.82, 2.24) is 4.98 Å². The quantitative estimate of drug-likeness (QED) is 0.643. The number of nitrogens with two attached hydrogens (primary N) is 1. The van der Waals surface area contributed by atoms with Gasteiger partial charge in [0.25, 0.3) is 0 Å². The summed E-state index contributed by atoms with van der Waals surface area (Å²) in [4.78, 5) is 16.8. The summed E-state index contributed by atoms with van der Waals surface area (Å²) < 4.78 is 0.964. The van der Waals surface area contributed by atoms with E-state index in [4.69, 9.17) is 5.73 Å². The highest BCUT2D eigenvalue weighted by Crippen LogP contribution is 2.43. The molecule has 128 valence electrons. The van der Waals surface area contributed by atoms with Gasteiger partial charge in [0.05, 0.1) is 17.4 Å². The van der Waals surface area contributed by atoms with Gasteiger partial charge in [-0.25, -0.2) is 4.98 Å². The Hall–Kier alpha value is -2.11. The zero-order valence-electron chi connectivity index (χ0n) is 14.2. The second-order valence-electron chi connectivity index (χ2n) is 5.90. The van der Waals surface area contributed by atoms with Crippen molar-refractivity contribution in [1.29, 1.82) is 0 Å². The van der Waals surface area contributed by atoms with Gasteiger partial charge in [0.1, 0.15) is 0 Å². The molecule has 0 radical (unpaired) electrons. The number of carbonyl (C=O) groups is 1. The third-order valence-corrected chi connectivity index (χ3v) is 6.55. The average molecular weight is 369 g/mol. The summed E-state index contributed by atoms with van der Waals surface area (Å²) in [5.41, 5.74) is 10.0. The molecule has 3 aromatic rings. The van der Waals surface area contributed by atoms with E-state index in [2.05, 4.69) is 60.4 Å². The molecule has 3 nitrogen and oxygen atoms in total. The summed E-state index contributed by atoms with van der Waals surface area (Å²) in [6, 6.07) is 18.9. The maximum absolute atomic E-state index is 11.2. The van der Waals surface area contributed by atoms with E-state index in [9.17, 15) is 4.79 Å². The van der Waals surface area contributed by atoms with Crippen LogP contribution < -0.4 is 5.73 Å². The summed E-state index contributed by atoms with van der Waals surface area (Å²) in [6.45, 7) is 4.07. The lowest BCUT2D eigenvalue weighted by Gasteiger charge is -2.18. The predicted molar refractivity (Wildman–Crippen MR) is 105 cm³/mol. The number of nitrogens with zero attached hydrogens (tertiary/aromatic N) is 1. The second kappa shape index (κ2) is 7.85. The maximum Gasteiger partial charge on any atom is 0.222 e. The van der Waals surface area contributed by atoms with Crippen LogP contribution >= 0.6 is 23.1 Å². The Labute approximate surface area is 156 Å². The largest absolute Gasteiger partial charge is 0.369 e. The third-order valence-electron chi connectivity index (χ3n) is 4.00. The molecule has 3 rings (SSSR count). The number of hydrogen-bond acceptors (Lipinski definition) is 4. The number of amides is 1. The minimum Gasteiger partial charge on any atom is -0.369 e. The molecule has 0 aliphatic heterocycles. The molecule has 1 amide bonds. The van der Waals surface area contributed by atoms with Gasteiger partial charge < -0.3 is 5.73 Å². The molecule has 0 fully saturated rings. The van der Waals surface area contributed by atoms with Gasteiger partial charge >= 0.3 is 0 Å². The summed E-state index contributed by atoms with van der Waals surface area (Å²) in [7, 11) is 0. The van der Waals surface area contributed by atoms with Gasteiger partial charge in [-0.3, -0.25) is 4.79 Å². The lowest BCUT2D eigenvalue weighted by Crippen LogP contribution is -2.13. The van der Waals surface area contributed by atoms with Crippen LogP contribution in [0.3, 0.4) is 0 Å². The van der Waals surface area contributed by atoms with Crippen LogP contribution in [0.15, 0.2) is 58.9 Å². The highest BCUT2D eigenvalue weighted by atomic mass is 32.2. The van der Waals surface area contributed by atoms with E-state index in [1.807, 2.05) is 13.0 Å². The van der Waals surface area contributed by atoms with E-state index in [-0.39, 0.29) is 17.6 Å². The van der Waals surface area contributed by atoms with Crippen molar-refractivity contribution in [3.8, 4) is 0 Å². The Morgan fingerprint density at radius 2 is 1.80 bits per heavy atom. The Bertz CT molecular complexity index is 874. The first-order valence-corrected chi connectivity index (χ1v) is 9.76. The van der Waals surface area contributed by atoms with Crippen molar-refractivity contribution in [2.75, 3.05) is 0 Å². The van der Waals surface area contributed by atoms with Crippen LogP contribution in [0, 0.1) is 13.8 Å². The Balaban J connectivity index is 1.96. The van der Waals surface area contributed by atoms with E-state index in [0.29, 0.717) is 0 Å². The van der Waals surface area contributed by atoms with Crippen molar-refractivity contribution < 1.29 is 4.79 Å². The van der Waals surface area contributed by atoms with Gasteiger partial charge in [-0.15, -0.1) is 11.3 Å². The number of aromatic nitrogens is 1. The van der Waals surface area contributed by atoms with E-state index in [1.165, 1.54) is 16.7 Å². The van der Waals surface area contributed by atoms with Gasteiger partial charge in [-0.1, -0.05) is 66.4 Å². The normalized spacial score (nSPS) is 12.1. The van der Waals surface area contributed by atoms with Crippen molar-refractivity contribution >= 4 is 29.0 Å². The minimum absolute atomic E-state index is 0.161. The molecule has 0 unspecified atom stereocenters. The number of carbonyl (C=O) groups excluding carboxylic acids is 1. The first-order chi connectivity index (χ1) is 12.0.